The summed E-state index contributed by atoms with van der Waals surface area (Å²) in [5.74, 6) is 2.25. The fourth-order valence-electron chi connectivity index (χ4n) is 2.77. The Kier molecular flexibility index (Phi) is 9.29. The SMILES string of the molecule is CCCCOc1cc(C=CC(=O)c2ccc(OC)cc2)c(C)c(OCCCC)c1. The quantitative estimate of drug-likeness (QED) is 0.241. The van der Waals surface area contributed by atoms with E-state index in [4.69, 9.17) is 14.2 Å². The van der Waals surface area contributed by atoms with Gasteiger partial charge in [-0.1, -0.05) is 32.8 Å². The van der Waals surface area contributed by atoms with Crippen LogP contribution in [0.15, 0.2) is 42.5 Å². The lowest BCUT2D eigenvalue weighted by Gasteiger charge is -2.14. The number of ether oxygens (including phenoxy) is 3. The van der Waals surface area contributed by atoms with Crippen LogP contribution in [0.1, 0.15) is 61.0 Å². The predicted octanol–water partition coefficient (Wildman–Crippen LogP) is 6.26. The zero-order valence-corrected chi connectivity index (χ0v) is 18.0. The Morgan fingerprint density at radius 3 is 2.21 bits per heavy atom. The van der Waals surface area contributed by atoms with Crippen molar-refractivity contribution in [3.05, 3.63) is 59.2 Å². The number of carbonyl (C=O) groups excluding carboxylic acids is 1. The van der Waals surface area contributed by atoms with Gasteiger partial charge in [-0.15, -0.1) is 0 Å². The molecule has 0 aliphatic rings. The number of rotatable bonds is 12. The highest BCUT2D eigenvalue weighted by atomic mass is 16.5. The van der Waals surface area contributed by atoms with Crippen LogP contribution in [0, 0.1) is 6.92 Å². The molecule has 0 aliphatic heterocycles. The molecule has 0 saturated carbocycles. The Bertz CT molecular complexity index is 806. The lowest BCUT2D eigenvalue weighted by molar-refractivity contribution is 0.104. The van der Waals surface area contributed by atoms with Crippen molar-refractivity contribution in [1.29, 1.82) is 0 Å². The number of ketones is 1. The maximum Gasteiger partial charge on any atom is 0.185 e. The monoisotopic (exact) mass is 396 g/mol. The smallest absolute Gasteiger partial charge is 0.185 e. The molecule has 0 saturated heterocycles. The summed E-state index contributed by atoms with van der Waals surface area (Å²) in [5, 5.41) is 0. The second-order valence-corrected chi connectivity index (χ2v) is 6.97. The molecule has 4 heteroatoms. The summed E-state index contributed by atoms with van der Waals surface area (Å²) in [6, 6.07) is 11.0. The van der Waals surface area contributed by atoms with Gasteiger partial charge in [-0.2, -0.15) is 0 Å². The van der Waals surface area contributed by atoms with E-state index >= 15 is 0 Å². The van der Waals surface area contributed by atoms with E-state index in [0.717, 1.165) is 54.1 Å². The van der Waals surface area contributed by atoms with Crippen molar-refractivity contribution in [3.63, 3.8) is 0 Å². The standard InChI is InChI=1S/C25H32O4/c1-5-7-15-28-23-17-21(19(3)25(18-23)29-16-8-6-2)11-14-24(26)20-9-12-22(27-4)13-10-20/h9-14,17-18H,5-8,15-16H2,1-4H3. The number of unbranched alkanes of at least 4 members (excludes halogenated alkanes) is 2. The van der Waals surface area contributed by atoms with Gasteiger partial charge in [-0.05, 0) is 67.3 Å². The first kappa shape index (κ1) is 22.5. The lowest BCUT2D eigenvalue weighted by atomic mass is 10.0. The van der Waals surface area contributed by atoms with E-state index in [1.807, 2.05) is 25.1 Å². The molecule has 29 heavy (non-hydrogen) atoms. The third kappa shape index (κ3) is 6.97. The summed E-state index contributed by atoms with van der Waals surface area (Å²) < 4.78 is 17.0. The van der Waals surface area contributed by atoms with E-state index < -0.39 is 0 Å². The Labute approximate surface area is 174 Å². The fraction of sp³-hybridized carbons (Fsp3) is 0.400. The largest absolute Gasteiger partial charge is 0.497 e. The molecule has 0 unspecified atom stereocenters. The molecule has 2 aromatic carbocycles. The number of benzene rings is 2. The molecule has 0 aromatic heterocycles. The lowest BCUT2D eigenvalue weighted by Crippen LogP contribution is -2.02. The van der Waals surface area contributed by atoms with Gasteiger partial charge >= 0.3 is 0 Å². The maximum atomic E-state index is 12.5. The van der Waals surface area contributed by atoms with E-state index in [-0.39, 0.29) is 5.78 Å². The van der Waals surface area contributed by atoms with Gasteiger partial charge in [0.25, 0.3) is 0 Å². The number of methoxy groups -OCH3 is 1. The molecular weight excluding hydrogens is 364 g/mol. The third-order valence-electron chi connectivity index (χ3n) is 4.68. The van der Waals surface area contributed by atoms with Gasteiger partial charge in [0.05, 0.1) is 20.3 Å². The molecule has 2 rings (SSSR count). The number of allylic oxidation sites excluding steroid dienone is 1. The zero-order valence-electron chi connectivity index (χ0n) is 18.0. The fourth-order valence-corrected chi connectivity index (χ4v) is 2.77. The number of hydrogen-bond acceptors (Lipinski definition) is 4. The Morgan fingerprint density at radius 2 is 1.59 bits per heavy atom. The van der Waals surface area contributed by atoms with Crippen LogP contribution >= 0.6 is 0 Å². The normalized spacial score (nSPS) is 10.9. The molecule has 0 atom stereocenters. The minimum absolute atomic E-state index is 0.0576. The van der Waals surface area contributed by atoms with Gasteiger partial charge < -0.3 is 14.2 Å². The van der Waals surface area contributed by atoms with Crippen LogP contribution < -0.4 is 14.2 Å². The Balaban J connectivity index is 2.22. The minimum atomic E-state index is -0.0576. The van der Waals surface area contributed by atoms with Crippen molar-refractivity contribution < 1.29 is 19.0 Å². The summed E-state index contributed by atoms with van der Waals surface area (Å²) in [5.41, 5.74) is 2.55. The predicted molar refractivity (Wildman–Crippen MR) is 118 cm³/mol. The third-order valence-corrected chi connectivity index (χ3v) is 4.68. The second-order valence-electron chi connectivity index (χ2n) is 6.97. The van der Waals surface area contributed by atoms with Crippen LogP contribution in [0.2, 0.25) is 0 Å². The molecule has 4 nitrogen and oxygen atoms in total. The van der Waals surface area contributed by atoms with Gasteiger partial charge in [-0.25, -0.2) is 0 Å². The Hall–Kier alpha value is -2.75. The molecular formula is C25H32O4. The highest BCUT2D eigenvalue weighted by molar-refractivity contribution is 6.07. The summed E-state index contributed by atoms with van der Waals surface area (Å²) in [6.45, 7) is 7.62. The highest BCUT2D eigenvalue weighted by Crippen LogP contribution is 2.30. The first-order valence-electron chi connectivity index (χ1n) is 10.4. The first-order chi connectivity index (χ1) is 14.1. The van der Waals surface area contributed by atoms with Crippen LogP contribution in [-0.2, 0) is 0 Å². The van der Waals surface area contributed by atoms with E-state index in [1.54, 1.807) is 37.5 Å². The van der Waals surface area contributed by atoms with Crippen molar-refractivity contribution in [2.24, 2.45) is 0 Å². The van der Waals surface area contributed by atoms with Crippen molar-refractivity contribution in [1.82, 2.24) is 0 Å². The number of hydrogen-bond donors (Lipinski definition) is 0. The molecule has 156 valence electrons. The minimum Gasteiger partial charge on any atom is -0.497 e. The van der Waals surface area contributed by atoms with Gasteiger partial charge in [0.15, 0.2) is 5.78 Å². The van der Waals surface area contributed by atoms with Crippen LogP contribution in [0.25, 0.3) is 6.08 Å². The van der Waals surface area contributed by atoms with E-state index in [9.17, 15) is 4.79 Å². The van der Waals surface area contributed by atoms with Gasteiger partial charge in [0.1, 0.15) is 17.2 Å². The highest BCUT2D eigenvalue weighted by Gasteiger charge is 2.09. The van der Waals surface area contributed by atoms with Crippen LogP contribution in [0.3, 0.4) is 0 Å². The summed E-state index contributed by atoms with van der Waals surface area (Å²) in [7, 11) is 1.61. The molecule has 0 heterocycles. The van der Waals surface area contributed by atoms with Crippen LogP contribution in [0.4, 0.5) is 0 Å². The number of carbonyl (C=O) groups is 1. The van der Waals surface area contributed by atoms with Crippen molar-refractivity contribution >= 4 is 11.9 Å². The molecule has 0 bridgehead atoms. The summed E-state index contributed by atoms with van der Waals surface area (Å²) in [4.78, 5) is 12.5. The maximum absolute atomic E-state index is 12.5. The van der Waals surface area contributed by atoms with Crippen molar-refractivity contribution in [2.45, 2.75) is 46.5 Å². The summed E-state index contributed by atoms with van der Waals surface area (Å²) in [6.07, 6.45) is 7.59. The molecule has 0 N–H and O–H groups in total. The van der Waals surface area contributed by atoms with Gasteiger partial charge in [0.2, 0.25) is 0 Å². The van der Waals surface area contributed by atoms with Gasteiger partial charge in [0, 0.05) is 11.6 Å². The average molecular weight is 397 g/mol. The van der Waals surface area contributed by atoms with E-state index in [2.05, 4.69) is 13.8 Å². The molecule has 2 aromatic rings. The Morgan fingerprint density at radius 1 is 0.931 bits per heavy atom. The van der Waals surface area contributed by atoms with E-state index in [1.165, 1.54) is 0 Å². The molecule has 0 amide bonds. The van der Waals surface area contributed by atoms with Crippen molar-refractivity contribution in [3.8, 4) is 17.2 Å². The first-order valence-corrected chi connectivity index (χ1v) is 10.4. The average Bonchev–Trinajstić information content (AvgIpc) is 2.74. The van der Waals surface area contributed by atoms with E-state index in [0.29, 0.717) is 18.8 Å². The van der Waals surface area contributed by atoms with Gasteiger partial charge in [-0.3, -0.25) is 4.79 Å². The van der Waals surface area contributed by atoms with Crippen LogP contribution in [-0.4, -0.2) is 26.1 Å². The second kappa shape index (κ2) is 11.9. The molecule has 0 radical (unpaired) electrons. The van der Waals surface area contributed by atoms with Crippen molar-refractivity contribution in [2.75, 3.05) is 20.3 Å². The zero-order chi connectivity index (χ0) is 21.1. The molecule has 0 aliphatic carbocycles. The molecule has 0 fully saturated rings. The molecule has 0 spiro atoms. The summed E-state index contributed by atoms with van der Waals surface area (Å²) >= 11 is 0. The van der Waals surface area contributed by atoms with Crippen LogP contribution in [0.5, 0.6) is 17.2 Å². The topological polar surface area (TPSA) is 44.8 Å².